The molecule has 2 rings (SSSR count). The Labute approximate surface area is 90.4 Å². The fourth-order valence-corrected chi connectivity index (χ4v) is 2.00. The summed E-state index contributed by atoms with van der Waals surface area (Å²) in [5.41, 5.74) is 1.32. The fourth-order valence-electron chi connectivity index (χ4n) is 2.00. The highest BCUT2D eigenvalue weighted by Crippen LogP contribution is 2.28. The smallest absolute Gasteiger partial charge is 0.413 e. The van der Waals surface area contributed by atoms with E-state index in [1.807, 2.05) is 6.20 Å². The van der Waals surface area contributed by atoms with Crippen LogP contribution in [-0.2, 0) is 4.74 Å². The van der Waals surface area contributed by atoms with Crippen LogP contribution in [0.25, 0.3) is 0 Å². The normalized spacial score (nSPS) is 33.6. The van der Waals surface area contributed by atoms with Crippen LogP contribution in [0, 0.1) is 11.8 Å². The minimum absolute atomic E-state index is 0.211. The molecule has 0 aromatic heterocycles. The molecule has 0 aromatic rings. The fraction of sp³-hybridized carbons (Fsp3) is 0.583. The summed E-state index contributed by atoms with van der Waals surface area (Å²) in [7, 11) is 0. The lowest BCUT2D eigenvalue weighted by Crippen LogP contribution is -2.20. The van der Waals surface area contributed by atoms with Gasteiger partial charge in [0.15, 0.2) is 0 Å². The van der Waals surface area contributed by atoms with Crippen molar-refractivity contribution < 1.29 is 9.53 Å². The quantitative estimate of drug-likeness (QED) is 0.618. The number of rotatable bonds is 1. The van der Waals surface area contributed by atoms with Crippen LogP contribution in [0.15, 0.2) is 23.9 Å². The van der Waals surface area contributed by atoms with Gasteiger partial charge in [0.2, 0.25) is 0 Å². The van der Waals surface area contributed by atoms with Gasteiger partial charge >= 0.3 is 6.09 Å². The maximum absolute atomic E-state index is 11.3. The van der Waals surface area contributed by atoms with Crippen molar-refractivity contribution in [2.75, 3.05) is 13.2 Å². The van der Waals surface area contributed by atoms with Gasteiger partial charge in [-0.05, 0) is 23.8 Å². The van der Waals surface area contributed by atoms with Gasteiger partial charge in [-0.2, -0.15) is 0 Å². The lowest BCUT2D eigenvalue weighted by atomic mass is 9.86. The summed E-state index contributed by atoms with van der Waals surface area (Å²) in [5.74, 6) is 1.01. The molecule has 2 atom stereocenters. The first-order valence-electron chi connectivity index (χ1n) is 5.49. The van der Waals surface area contributed by atoms with E-state index in [2.05, 4.69) is 26.0 Å². The van der Waals surface area contributed by atoms with Crippen molar-refractivity contribution in [3.63, 3.8) is 0 Å². The Kier molecular flexibility index (Phi) is 2.80. The predicted molar refractivity (Wildman–Crippen MR) is 58.2 cm³/mol. The van der Waals surface area contributed by atoms with E-state index < -0.39 is 0 Å². The van der Waals surface area contributed by atoms with E-state index in [0.717, 1.165) is 6.42 Å². The van der Waals surface area contributed by atoms with Crippen LogP contribution in [0.5, 0.6) is 0 Å². The molecule has 1 aliphatic carbocycles. The summed E-state index contributed by atoms with van der Waals surface area (Å²) in [6.07, 6.45) is 7.25. The van der Waals surface area contributed by atoms with E-state index in [1.54, 1.807) is 4.90 Å². The summed E-state index contributed by atoms with van der Waals surface area (Å²) in [6.45, 7) is 5.56. The monoisotopic (exact) mass is 207 g/mol. The minimum Gasteiger partial charge on any atom is -0.447 e. The van der Waals surface area contributed by atoms with E-state index >= 15 is 0 Å². The molecule has 0 bridgehead atoms. The van der Waals surface area contributed by atoms with Crippen molar-refractivity contribution in [1.29, 1.82) is 0 Å². The lowest BCUT2D eigenvalue weighted by molar-refractivity contribution is 0.166. The molecule has 3 heteroatoms. The van der Waals surface area contributed by atoms with Gasteiger partial charge in [-0.25, -0.2) is 4.79 Å². The Balaban J connectivity index is 2.12. The van der Waals surface area contributed by atoms with Crippen molar-refractivity contribution in [2.24, 2.45) is 11.8 Å². The van der Waals surface area contributed by atoms with E-state index in [0.29, 0.717) is 25.0 Å². The Morgan fingerprint density at radius 2 is 2.27 bits per heavy atom. The molecule has 1 heterocycles. The van der Waals surface area contributed by atoms with E-state index in [9.17, 15) is 4.79 Å². The highest BCUT2D eigenvalue weighted by Gasteiger charge is 2.22. The summed E-state index contributed by atoms with van der Waals surface area (Å²) in [5, 5.41) is 0. The molecule has 1 aliphatic heterocycles. The first-order valence-corrected chi connectivity index (χ1v) is 5.49. The number of carbonyl (C=O) groups is 1. The summed E-state index contributed by atoms with van der Waals surface area (Å²) in [6, 6.07) is 0. The number of cyclic esters (lactones) is 1. The van der Waals surface area contributed by atoms with Gasteiger partial charge in [-0.1, -0.05) is 26.0 Å². The predicted octanol–water partition coefficient (Wildman–Crippen LogP) is 2.55. The Morgan fingerprint density at radius 3 is 2.93 bits per heavy atom. The summed E-state index contributed by atoms with van der Waals surface area (Å²) >= 11 is 0. The van der Waals surface area contributed by atoms with Crippen molar-refractivity contribution in [1.82, 2.24) is 4.90 Å². The molecule has 0 N–H and O–H groups in total. The van der Waals surface area contributed by atoms with Crippen LogP contribution < -0.4 is 0 Å². The second-order valence-electron chi connectivity index (χ2n) is 4.37. The topological polar surface area (TPSA) is 29.5 Å². The van der Waals surface area contributed by atoms with Crippen LogP contribution in [0.1, 0.15) is 20.3 Å². The first kappa shape index (κ1) is 10.3. The zero-order valence-corrected chi connectivity index (χ0v) is 9.27. The number of carbonyl (C=O) groups excluding carboxylic acids is 1. The molecule has 0 aromatic carbocycles. The van der Waals surface area contributed by atoms with Gasteiger partial charge in [0.1, 0.15) is 6.61 Å². The van der Waals surface area contributed by atoms with Crippen LogP contribution in [0.4, 0.5) is 4.79 Å². The number of allylic oxidation sites excluding steroid dienone is 3. The SMILES string of the molecule is C[C@@H]1C=C[C@H](C)C/C1=C/N1CCOC1=O. The van der Waals surface area contributed by atoms with Crippen LogP contribution >= 0.6 is 0 Å². The van der Waals surface area contributed by atoms with Crippen molar-refractivity contribution in [3.05, 3.63) is 23.9 Å². The molecular weight excluding hydrogens is 190 g/mol. The zero-order chi connectivity index (χ0) is 10.8. The molecule has 15 heavy (non-hydrogen) atoms. The van der Waals surface area contributed by atoms with Crippen molar-refractivity contribution in [2.45, 2.75) is 20.3 Å². The van der Waals surface area contributed by atoms with Crippen LogP contribution in [0.2, 0.25) is 0 Å². The second kappa shape index (κ2) is 4.09. The van der Waals surface area contributed by atoms with Crippen LogP contribution in [0.3, 0.4) is 0 Å². The largest absolute Gasteiger partial charge is 0.447 e. The van der Waals surface area contributed by atoms with E-state index in [-0.39, 0.29) is 6.09 Å². The average Bonchev–Trinajstić information content (AvgIpc) is 2.58. The highest BCUT2D eigenvalue weighted by atomic mass is 16.6. The maximum atomic E-state index is 11.3. The second-order valence-corrected chi connectivity index (χ2v) is 4.37. The third kappa shape index (κ3) is 2.22. The third-order valence-corrected chi connectivity index (χ3v) is 2.98. The molecule has 0 radical (unpaired) electrons. The van der Waals surface area contributed by atoms with E-state index in [1.165, 1.54) is 5.57 Å². The maximum Gasteiger partial charge on any atom is 0.413 e. The van der Waals surface area contributed by atoms with Crippen molar-refractivity contribution in [3.8, 4) is 0 Å². The molecule has 0 saturated carbocycles. The van der Waals surface area contributed by atoms with Gasteiger partial charge in [0, 0.05) is 6.20 Å². The van der Waals surface area contributed by atoms with Crippen molar-refractivity contribution >= 4 is 6.09 Å². The molecule has 2 aliphatic rings. The Morgan fingerprint density at radius 1 is 1.47 bits per heavy atom. The number of ether oxygens (including phenoxy) is 1. The number of hydrogen-bond donors (Lipinski definition) is 0. The molecule has 1 amide bonds. The van der Waals surface area contributed by atoms with Crippen LogP contribution in [-0.4, -0.2) is 24.1 Å². The third-order valence-electron chi connectivity index (χ3n) is 2.98. The molecule has 0 unspecified atom stereocenters. The first-order chi connectivity index (χ1) is 7.16. The lowest BCUT2D eigenvalue weighted by Gasteiger charge is -2.22. The van der Waals surface area contributed by atoms with Gasteiger partial charge in [0.25, 0.3) is 0 Å². The molecule has 3 nitrogen and oxygen atoms in total. The van der Waals surface area contributed by atoms with Gasteiger partial charge in [-0.15, -0.1) is 0 Å². The average molecular weight is 207 g/mol. The van der Waals surface area contributed by atoms with E-state index in [4.69, 9.17) is 4.74 Å². The Bertz CT molecular complexity index is 320. The molecule has 1 fully saturated rings. The number of hydrogen-bond acceptors (Lipinski definition) is 2. The zero-order valence-electron chi connectivity index (χ0n) is 9.27. The molecule has 82 valence electrons. The minimum atomic E-state index is -0.211. The summed E-state index contributed by atoms with van der Waals surface area (Å²) in [4.78, 5) is 13.0. The molecular formula is C12H17NO2. The summed E-state index contributed by atoms with van der Waals surface area (Å²) < 4.78 is 4.89. The molecule has 1 saturated heterocycles. The van der Waals surface area contributed by atoms with Gasteiger partial charge in [0.05, 0.1) is 6.54 Å². The standard InChI is InChI=1S/C12H17NO2/c1-9-3-4-10(2)11(7-9)8-13-5-6-15-12(13)14/h3-4,8-10H,5-7H2,1-2H3/b11-8-/t9-,10+/m0/s1. The Hall–Kier alpha value is -1.25. The number of nitrogens with zero attached hydrogens (tertiary/aromatic N) is 1. The van der Waals surface area contributed by atoms with Gasteiger partial charge in [-0.3, -0.25) is 4.90 Å². The highest BCUT2D eigenvalue weighted by molar-refractivity contribution is 5.70. The number of amides is 1. The van der Waals surface area contributed by atoms with Gasteiger partial charge < -0.3 is 4.74 Å². The molecule has 0 spiro atoms.